The summed E-state index contributed by atoms with van der Waals surface area (Å²) in [5.41, 5.74) is 3.32. The van der Waals surface area contributed by atoms with Crippen LogP contribution in [0.25, 0.3) is 16.8 Å². The highest BCUT2D eigenvalue weighted by atomic mass is 16.5. The number of ether oxygens (including phenoxy) is 1. The summed E-state index contributed by atoms with van der Waals surface area (Å²) < 4.78 is 7.26. The second-order valence-electron chi connectivity index (χ2n) is 5.98. The van der Waals surface area contributed by atoms with E-state index in [0.29, 0.717) is 23.8 Å². The maximum absolute atomic E-state index is 12.8. The monoisotopic (exact) mass is 358 g/mol. The third kappa shape index (κ3) is 3.25. The van der Waals surface area contributed by atoms with Crippen LogP contribution < -0.4 is 10.1 Å². The van der Waals surface area contributed by atoms with Crippen molar-refractivity contribution in [3.05, 3.63) is 84.6 Å². The Morgan fingerprint density at radius 2 is 1.96 bits per heavy atom. The summed E-state index contributed by atoms with van der Waals surface area (Å²) in [6, 6.07) is 17.1. The minimum atomic E-state index is -0.249. The van der Waals surface area contributed by atoms with E-state index in [2.05, 4.69) is 15.3 Å². The average Bonchev–Trinajstić information content (AvgIpc) is 3.12. The Morgan fingerprint density at radius 1 is 1.11 bits per heavy atom. The van der Waals surface area contributed by atoms with Crippen LogP contribution in [0.5, 0.6) is 5.75 Å². The second kappa shape index (κ2) is 7.29. The number of rotatable bonds is 5. The zero-order valence-electron chi connectivity index (χ0n) is 14.8. The summed E-state index contributed by atoms with van der Waals surface area (Å²) in [6.07, 6.45) is 5.26. The van der Waals surface area contributed by atoms with Crippen molar-refractivity contribution in [2.75, 3.05) is 7.11 Å². The van der Waals surface area contributed by atoms with Crippen LogP contribution in [-0.4, -0.2) is 27.4 Å². The third-order valence-electron chi connectivity index (χ3n) is 4.29. The summed E-state index contributed by atoms with van der Waals surface area (Å²) in [5.74, 6) is 0.792. The number of aromatic nitrogens is 3. The molecule has 0 aliphatic carbocycles. The molecule has 1 aromatic carbocycles. The number of hydrogen-bond donors (Lipinski definition) is 1. The SMILES string of the molecule is COc1ccccc1-c1nc(C(=O)NCc2cccnc2)n2ccccc12. The first-order valence-corrected chi connectivity index (χ1v) is 8.55. The molecule has 0 spiro atoms. The van der Waals surface area contributed by atoms with E-state index < -0.39 is 0 Å². The number of fused-ring (bicyclic) bond motifs is 1. The first-order chi connectivity index (χ1) is 13.3. The van der Waals surface area contributed by atoms with Crippen molar-refractivity contribution in [1.82, 2.24) is 19.7 Å². The van der Waals surface area contributed by atoms with Crippen LogP contribution in [0.2, 0.25) is 0 Å². The fraction of sp³-hybridized carbons (Fsp3) is 0.0952. The van der Waals surface area contributed by atoms with Crippen LogP contribution in [0.1, 0.15) is 16.2 Å². The predicted octanol–water partition coefficient (Wildman–Crippen LogP) is 3.33. The Hall–Kier alpha value is -3.67. The number of nitrogens with zero attached hydrogens (tertiary/aromatic N) is 3. The molecule has 0 radical (unpaired) electrons. The van der Waals surface area contributed by atoms with Crippen molar-refractivity contribution in [1.29, 1.82) is 0 Å². The molecule has 1 N–H and O–H groups in total. The molecule has 0 aliphatic heterocycles. The van der Waals surface area contributed by atoms with Crippen molar-refractivity contribution in [3.8, 4) is 17.0 Å². The van der Waals surface area contributed by atoms with E-state index in [1.807, 2.05) is 60.8 Å². The van der Waals surface area contributed by atoms with Gasteiger partial charge in [0.2, 0.25) is 5.82 Å². The van der Waals surface area contributed by atoms with Crippen molar-refractivity contribution in [2.45, 2.75) is 6.54 Å². The van der Waals surface area contributed by atoms with Gasteiger partial charge in [-0.1, -0.05) is 24.3 Å². The predicted molar refractivity (Wildman–Crippen MR) is 103 cm³/mol. The average molecular weight is 358 g/mol. The number of methoxy groups -OCH3 is 1. The molecule has 0 fully saturated rings. The van der Waals surface area contributed by atoms with Gasteiger partial charge in [-0.2, -0.15) is 0 Å². The Balaban J connectivity index is 1.73. The fourth-order valence-corrected chi connectivity index (χ4v) is 3.00. The van der Waals surface area contributed by atoms with Crippen molar-refractivity contribution >= 4 is 11.4 Å². The molecule has 0 aliphatic rings. The van der Waals surface area contributed by atoms with Gasteiger partial charge in [-0.3, -0.25) is 14.2 Å². The molecule has 0 saturated heterocycles. The summed E-state index contributed by atoms with van der Waals surface area (Å²) in [6.45, 7) is 0.387. The molecule has 0 bridgehead atoms. The first-order valence-electron chi connectivity index (χ1n) is 8.55. The van der Waals surface area contributed by atoms with Gasteiger partial charge < -0.3 is 10.1 Å². The number of para-hydroxylation sites is 1. The lowest BCUT2D eigenvalue weighted by Crippen LogP contribution is -2.25. The first kappa shape index (κ1) is 16.8. The van der Waals surface area contributed by atoms with Gasteiger partial charge in [-0.25, -0.2) is 4.98 Å². The molecular weight excluding hydrogens is 340 g/mol. The standard InChI is InChI=1S/C21H18N4O2/c1-27-18-10-3-2-8-16(18)19-17-9-4-5-12-25(17)20(24-19)21(26)23-14-15-7-6-11-22-13-15/h2-13H,14H2,1H3,(H,23,26). The molecule has 27 heavy (non-hydrogen) atoms. The Morgan fingerprint density at radius 3 is 2.78 bits per heavy atom. The summed E-state index contributed by atoms with van der Waals surface area (Å²) in [5, 5.41) is 2.91. The van der Waals surface area contributed by atoms with Crippen LogP contribution >= 0.6 is 0 Å². The van der Waals surface area contributed by atoms with Crippen molar-refractivity contribution in [3.63, 3.8) is 0 Å². The van der Waals surface area contributed by atoms with Gasteiger partial charge in [0.1, 0.15) is 11.4 Å². The maximum Gasteiger partial charge on any atom is 0.287 e. The number of amides is 1. The topological polar surface area (TPSA) is 68.5 Å². The quantitative estimate of drug-likeness (QED) is 0.594. The molecular formula is C21H18N4O2. The van der Waals surface area contributed by atoms with Crippen LogP contribution in [0.15, 0.2) is 73.2 Å². The van der Waals surface area contributed by atoms with E-state index in [4.69, 9.17) is 4.74 Å². The summed E-state index contributed by atoms with van der Waals surface area (Å²) >= 11 is 0. The minimum Gasteiger partial charge on any atom is -0.496 e. The molecule has 6 nitrogen and oxygen atoms in total. The number of pyridine rings is 2. The van der Waals surface area contributed by atoms with E-state index in [0.717, 1.165) is 16.6 Å². The van der Waals surface area contributed by atoms with E-state index >= 15 is 0 Å². The van der Waals surface area contributed by atoms with E-state index in [1.54, 1.807) is 23.9 Å². The number of hydrogen-bond acceptors (Lipinski definition) is 4. The summed E-state index contributed by atoms with van der Waals surface area (Å²) in [7, 11) is 1.62. The molecule has 0 atom stereocenters. The van der Waals surface area contributed by atoms with Gasteiger partial charge >= 0.3 is 0 Å². The Kier molecular flexibility index (Phi) is 4.53. The highest BCUT2D eigenvalue weighted by Gasteiger charge is 2.19. The number of imidazole rings is 1. The molecule has 134 valence electrons. The number of carbonyl (C=O) groups is 1. The molecule has 4 aromatic rings. The van der Waals surface area contributed by atoms with E-state index in [-0.39, 0.29) is 5.91 Å². The molecule has 1 amide bonds. The smallest absolute Gasteiger partial charge is 0.287 e. The lowest BCUT2D eigenvalue weighted by atomic mass is 10.1. The number of benzene rings is 1. The Bertz CT molecular complexity index is 1090. The number of nitrogens with one attached hydrogen (secondary N) is 1. The van der Waals surface area contributed by atoms with Crippen LogP contribution in [-0.2, 0) is 6.54 Å². The van der Waals surface area contributed by atoms with Gasteiger partial charge in [-0.05, 0) is 35.9 Å². The zero-order chi connectivity index (χ0) is 18.6. The van der Waals surface area contributed by atoms with Crippen molar-refractivity contribution < 1.29 is 9.53 Å². The maximum atomic E-state index is 12.8. The largest absolute Gasteiger partial charge is 0.496 e. The van der Waals surface area contributed by atoms with Gasteiger partial charge in [0.25, 0.3) is 5.91 Å². The summed E-state index contributed by atoms with van der Waals surface area (Å²) in [4.78, 5) is 21.5. The van der Waals surface area contributed by atoms with E-state index in [1.165, 1.54) is 0 Å². The highest BCUT2D eigenvalue weighted by Crippen LogP contribution is 2.32. The molecule has 4 rings (SSSR count). The van der Waals surface area contributed by atoms with Crippen molar-refractivity contribution in [2.24, 2.45) is 0 Å². The number of carbonyl (C=O) groups excluding carboxylic acids is 1. The molecule has 0 saturated carbocycles. The third-order valence-corrected chi connectivity index (χ3v) is 4.29. The lowest BCUT2D eigenvalue weighted by molar-refractivity contribution is 0.0940. The van der Waals surface area contributed by atoms with Gasteiger partial charge in [-0.15, -0.1) is 0 Å². The minimum absolute atomic E-state index is 0.249. The normalized spacial score (nSPS) is 10.7. The highest BCUT2D eigenvalue weighted by molar-refractivity contribution is 5.95. The van der Waals surface area contributed by atoms with Crippen LogP contribution in [0.4, 0.5) is 0 Å². The second-order valence-corrected chi connectivity index (χ2v) is 5.98. The van der Waals surface area contributed by atoms with E-state index in [9.17, 15) is 4.79 Å². The Labute approximate surface area is 156 Å². The molecule has 6 heteroatoms. The lowest BCUT2D eigenvalue weighted by Gasteiger charge is -2.05. The molecule has 0 unspecified atom stereocenters. The fourth-order valence-electron chi connectivity index (χ4n) is 3.00. The zero-order valence-corrected chi connectivity index (χ0v) is 14.8. The van der Waals surface area contributed by atoms with Gasteiger partial charge in [0.15, 0.2) is 0 Å². The van der Waals surface area contributed by atoms with Gasteiger partial charge in [0.05, 0.1) is 12.6 Å². The molecule has 3 heterocycles. The molecule has 3 aromatic heterocycles. The van der Waals surface area contributed by atoms with Crippen LogP contribution in [0.3, 0.4) is 0 Å². The van der Waals surface area contributed by atoms with Gasteiger partial charge in [0, 0.05) is 30.7 Å². The van der Waals surface area contributed by atoms with Crippen LogP contribution in [0, 0.1) is 0 Å².